The molecule has 0 bridgehead atoms. The third-order valence-electron chi connectivity index (χ3n) is 2.06. The molecule has 7 nitrogen and oxygen atoms in total. The lowest BCUT2D eigenvalue weighted by Crippen LogP contribution is -2.19. The number of rotatable bonds is 4. The summed E-state index contributed by atoms with van der Waals surface area (Å²) in [6.07, 6.45) is 1.57. The molecule has 7 heteroatoms. The quantitative estimate of drug-likeness (QED) is 0.795. The van der Waals surface area contributed by atoms with Gasteiger partial charge in [-0.2, -0.15) is 0 Å². The lowest BCUT2D eigenvalue weighted by Gasteiger charge is -2.02. The van der Waals surface area contributed by atoms with E-state index in [1.54, 1.807) is 31.4 Å². The van der Waals surface area contributed by atoms with Crippen molar-refractivity contribution >= 4 is 11.7 Å². The van der Waals surface area contributed by atoms with Gasteiger partial charge in [0, 0.05) is 13.1 Å². The zero-order valence-electron chi connectivity index (χ0n) is 9.17. The highest BCUT2D eigenvalue weighted by molar-refractivity contribution is 5.91. The van der Waals surface area contributed by atoms with Crippen LogP contribution >= 0.6 is 0 Å². The molecule has 17 heavy (non-hydrogen) atoms. The summed E-state index contributed by atoms with van der Waals surface area (Å²) in [6.45, 7) is 0.466. The van der Waals surface area contributed by atoms with Crippen LogP contribution in [0.2, 0.25) is 0 Å². The Labute approximate surface area is 97.2 Å². The van der Waals surface area contributed by atoms with Crippen LogP contribution in [0.4, 0.5) is 5.82 Å². The average Bonchev–Trinajstić information content (AvgIpc) is 2.89. The molecule has 1 amide bonds. The van der Waals surface area contributed by atoms with E-state index in [0.717, 1.165) is 0 Å². The minimum absolute atomic E-state index is 0.265. The Morgan fingerprint density at radius 1 is 1.35 bits per heavy atom. The van der Waals surface area contributed by atoms with E-state index in [4.69, 9.17) is 4.52 Å². The molecule has 0 saturated carbocycles. The van der Waals surface area contributed by atoms with E-state index in [1.807, 2.05) is 0 Å². The second kappa shape index (κ2) is 5.06. The highest BCUT2D eigenvalue weighted by Crippen LogP contribution is 2.05. The summed E-state index contributed by atoms with van der Waals surface area (Å²) in [5, 5.41) is 16.7. The van der Waals surface area contributed by atoms with Crippen LogP contribution in [0.1, 0.15) is 16.2 Å². The van der Waals surface area contributed by atoms with Crippen molar-refractivity contribution < 1.29 is 9.32 Å². The zero-order valence-corrected chi connectivity index (χ0v) is 9.17. The van der Waals surface area contributed by atoms with Crippen molar-refractivity contribution in [2.45, 2.75) is 6.54 Å². The number of hydrogen-bond acceptors (Lipinski definition) is 6. The average molecular weight is 233 g/mol. The van der Waals surface area contributed by atoms with Gasteiger partial charge in [-0.05, 0) is 12.1 Å². The number of aromatic nitrogens is 3. The van der Waals surface area contributed by atoms with Gasteiger partial charge in [-0.1, -0.05) is 5.16 Å². The van der Waals surface area contributed by atoms with Gasteiger partial charge in [-0.15, -0.1) is 10.2 Å². The van der Waals surface area contributed by atoms with E-state index in [1.165, 1.54) is 0 Å². The smallest absolute Gasteiger partial charge is 0.271 e. The first-order valence-electron chi connectivity index (χ1n) is 4.99. The maximum atomic E-state index is 11.2. The van der Waals surface area contributed by atoms with Crippen molar-refractivity contribution in [3.63, 3.8) is 0 Å². The van der Waals surface area contributed by atoms with Crippen LogP contribution in [0, 0.1) is 0 Å². The fourth-order valence-electron chi connectivity index (χ4n) is 1.19. The summed E-state index contributed by atoms with van der Waals surface area (Å²) in [5.74, 6) is 0.996. The van der Waals surface area contributed by atoms with Crippen LogP contribution in [-0.4, -0.2) is 28.3 Å². The number of carbonyl (C=O) groups is 1. The van der Waals surface area contributed by atoms with E-state index >= 15 is 0 Å². The second-order valence-electron chi connectivity index (χ2n) is 3.22. The summed E-state index contributed by atoms with van der Waals surface area (Å²) >= 11 is 0. The summed E-state index contributed by atoms with van der Waals surface area (Å²) in [7, 11) is 1.54. The molecule has 0 radical (unpaired) electrons. The van der Waals surface area contributed by atoms with Gasteiger partial charge in [0.25, 0.3) is 5.91 Å². The molecule has 0 aliphatic carbocycles. The van der Waals surface area contributed by atoms with Crippen LogP contribution in [0.3, 0.4) is 0 Å². The SMILES string of the molecule is CNC(=O)c1ccc(NCc2ccno2)nn1. The zero-order chi connectivity index (χ0) is 12.1. The summed E-state index contributed by atoms with van der Waals surface area (Å²) in [6, 6.07) is 5.02. The van der Waals surface area contributed by atoms with Crippen LogP contribution in [0.5, 0.6) is 0 Å². The van der Waals surface area contributed by atoms with Crippen molar-refractivity contribution in [1.82, 2.24) is 20.7 Å². The van der Waals surface area contributed by atoms with Gasteiger partial charge in [-0.25, -0.2) is 0 Å². The van der Waals surface area contributed by atoms with Gasteiger partial charge >= 0.3 is 0 Å². The Bertz CT molecular complexity index is 480. The van der Waals surface area contributed by atoms with Gasteiger partial charge < -0.3 is 15.2 Å². The van der Waals surface area contributed by atoms with E-state index in [-0.39, 0.29) is 11.6 Å². The molecule has 2 heterocycles. The van der Waals surface area contributed by atoms with Crippen molar-refractivity contribution in [2.75, 3.05) is 12.4 Å². The number of nitrogens with one attached hydrogen (secondary N) is 2. The van der Waals surface area contributed by atoms with Gasteiger partial charge in [0.2, 0.25) is 0 Å². The predicted molar refractivity (Wildman–Crippen MR) is 59.3 cm³/mol. The van der Waals surface area contributed by atoms with Gasteiger partial charge in [0.15, 0.2) is 11.5 Å². The predicted octanol–water partition coefficient (Wildman–Crippen LogP) is 0.436. The van der Waals surface area contributed by atoms with Crippen LogP contribution in [-0.2, 0) is 6.54 Å². The van der Waals surface area contributed by atoms with E-state index in [9.17, 15) is 4.79 Å². The monoisotopic (exact) mass is 233 g/mol. The minimum atomic E-state index is -0.265. The molecule has 0 fully saturated rings. The first-order valence-corrected chi connectivity index (χ1v) is 4.99. The molecular weight excluding hydrogens is 222 g/mol. The lowest BCUT2D eigenvalue weighted by molar-refractivity contribution is 0.0957. The third-order valence-corrected chi connectivity index (χ3v) is 2.06. The topological polar surface area (TPSA) is 92.9 Å². The van der Waals surface area contributed by atoms with E-state index in [0.29, 0.717) is 18.1 Å². The highest BCUT2D eigenvalue weighted by atomic mass is 16.5. The summed E-state index contributed by atoms with van der Waals surface area (Å²) in [4.78, 5) is 11.2. The Morgan fingerprint density at radius 3 is 2.82 bits per heavy atom. The standard InChI is InChI=1S/C10H11N5O2/c1-11-10(16)8-2-3-9(15-14-8)12-6-7-4-5-13-17-7/h2-5H,6H2,1H3,(H,11,16)(H,12,15). The summed E-state index contributed by atoms with van der Waals surface area (Å²) in [5.41, 5.74) is 0.276. The Balaban J connectivity index is 1.96. The number of nitrogens with zero attached hydrogens (tertiary/aromatic N) is 3. The maximum Gasteiger partial charge on any atom is 0.271 e. The third kappa shape index (κ3) is 2.77. The fourth-order valence-corrected chi connectivity index (χ4v) is 1.19. The largest absolute Gasteiger partial charge is 0.361 e. The van der Waals surface area contributed by atoms with Gasteiger partial charge in [0.1, 0.15) is 5.82 Å². The van der Waals surface area contributed by atoms with Crippen molar-refractivity contribution in [3.05, 3.63) is 35.9 Å². The Kier molecular flexibility index (Phi) is 3.29. The molecule has 2 aromatic heterocycles. The van der Waals surface area contributed by atoms with Crippen molar-refractivity contribution in [3.8, 4) is 0 Å². The van der Waals surface area contributed by atoms with Crippen LogP contribution in [0.15, 0.2) is 28.9 Å². The molecule has 2 rings (SSSR count). The lowest BCUT2D eigenvalue weighted by atomic mass is 10.3. The van der Waals surface area contributed by atoms with Crippen LogP contribution < -0.4 is 10.6 Å². The number of hydrogen-bond donors (Lipinski definition) is 2. The Morgan fingerprint density at radius 2 is 2.24 bits per heavy atom. The molecule has 0 spiro atoms. The Hall–Kier alpha value is -2.44. The van der Waals surface area contributed by atoms with Gasteiger partial charge in [-0.3, -0.25) is 4.79 Å². The van der Waals surface area contributed by atoms with E-state index < -0.39 is 0 Å². The summed E-state index contributed by atoms with van der Waals surface area (Å²) < 4.78 is 4.91. The minimum Gasteiger partial charge on any atom is -0.361 e. The highest BCUT2D eigenvalue weighted by Gasteiger charge is 2.05. The second-order valence-corrected chi connectivity index (χ2v) is 3.22. The molecule has 0 unspecified atom stereocenters. The normalized spacial score (nSPS) is 9.94. The molecule has 0 aliphatic heterocycles. The first-order chi connectivity index (χ1) is 8.29. The molecule has 88 valence electrons. The molecule has 0 aliphatic rings. The first kappa shape index (κ1) is 11.1. The van der Waals surface area contributed by atoms with Crippen molar-refractivity contribution in [2.24, 2.45) is 0 Å². The number of carbonyl (C=O) groups excluding carboxylic acids is 1. The number of anilines is 1. The molecule has 2 N–H and O–H groups in total. The van der Waals surface area contributed by atoms with Crippen LogP contribution in [0.25, 0.3) is 0 Å². The van der Waals surface area contributed by atoms with Gasteiger partial charge in [0.05, 0.1) is 12.7 Å². The molecule has 0 aromatic carbocycles. The molecule has 0 atom stereocenters. The fraction of sp³-hybridized carbons (Fsp3) is 0.200. The maximum absolute atomic E-state index is 11.2. The van der Waals surface area contributed by atoms with Crippen molar-refractivity contribution in [1.29, 1.82) is 0 Å². The van der Waals surface area contributed by atoms with E-state index in [2.05, 4.69) is 26.0 Å². The molecular formula is C10H11N5O2. The number of amides is 1. The molecule has 2 aromatic rings. The molecule has 0 saturated heterocycles.